The van der Waals surface area contributed by atoms with Gasteiger partial charge in [-0.2, -0.15) is 0 Å². The summed E-state index contributed by atoms with van der Waals surface area (Å²) >= 11 is 0. The lowest BCUT2D eigenvalue weighted by Gasteiger charge is -2.39. The molecule has 1 saturated heterocycles. The molecule has 0 aliphatic carbocycles. The van der Waals surface area contributed by atoms with Gasteiger partial charge < -0.3 is 24.0 Å². The number of anilines is 1. The molecule has 3 rings (SSSR count). The summed E-state index contributed by atoms with van der Waals surface area (Å²) in [6, 6.07) is 14.2. The van der Waals surface area contributed by atoms with Gasteiger partial charge in [0.2, 0.25) is 0 Å². The highest BCUT2D eigenvalue weighted by Gasteiger charge is 2.24. The third-order valence-corrected chi connectivity index (χ3v) is 5.60. The normalized spacial score (nSPS) is 15.3. The number of rotatable bonds is 7. The van der Waals surface area contributed by atoms with Gasteiger partial charge in [-0.1, -0.05) is 18.2 Å². The number of ether oxygens (including phenoxy) is 3. The van der Waals surface area contributed by atoms with Gasteiger partial charge in [0.15, 0.2) is 11.5 Å². The van der Waals surface area contributed by atoms with Crippen molar-refractivity contribution in [3.8, 4) is 17.2 Å². The van der Waals surface area contributed by atoms with E-state index < -0.39 is 6.09 Å². The van der Waals surface area contributed by atoms with Gasteiger partial charge in [-0.05, 0) is 43.7 Å². The summed E-state index contributed by atoms with van der Waals surface area (Å²) in [5.41, 5.74) is 2.29. The number of benzene rings is 2. The molecule has 0 spiro atoms. The van der Waals surface area contributed by atoms with Crippen LogP contribution in [0.4, 0.5) is 10.5 Å². The van der Waals surface area contributed by atoms with Crippen LogP contribution in [-0.2, 0) is 0 Å². The Morgan fingerprint density at radius 3 is 2.39 bits per heavy atom. The van der Waals surface area contributed by atoms with Crippen molar-refractivity contribution in [3.05, 3.63) is 48.0 Å². The summed E-state index contributed by atoms with van der Waals surface area (Å²) in [5, 5.41) is 0. The first-order chi connectivity index (χ1) is 14.9. The third kappa shape index (κ3) is 5.41. The molecule has 31 heavy (non-hydrogen) atoms. The fourth-order valence-corrected chi connectivity index (χ4v) is 3.77. The number of para-hydroxylation sites is 2. The summed E-state index contributed by atoms with van der Waals surface area (Å²) in [6.07, 6.45) is -0.428. The largest absolute Gasteiger partial charge is 0.493 e. The van der Waals surface area contributed by atoms with Crippen molar-refractivity contribution in [1.29, 1.82) is 0 Å². The summed E-state index contributed by atoms with van der Waals surface area (Å²) in [6.45, 7) is 8.63. The molecule has 1 unspecified atom stereocenters. The van der Waals surface area contributed by atoms with E-state index in [0.717, 1.165) is 43.2 Å². The number of methoxy groups -OCH3 is 1. The molecule has 1 aliphatic heterocycles. The second-order valence-electron chi connectivity index (χ2n) is 7.77. The Kier molecular flexibility index (Phi) is 7.63. The average Bonchev–Trinajstić information content (AvgIpc) is 2.79. The minimum atomic E-state index is -0.428. The van der Waals surface area contributed by atoms with Gasteiger partial charge in [-0.15, -0.1) is 0 Å². The van der Waals surface area contributed by atoms with Gasteiger partial charge in [0.1, 0.15) is 5.75 Å². The van der Waals surface area contributed by atoms with Gasteiger partial charge in [0.25, 0.3) is 0 Å². The maximum absolute atomic E-state index is 11.9. The van der Waals surface area contributed by atoms with Crippen molar-refractivity contribution >= 4 is 11.8 Å². The molecular weight excluding hydrogens is 394 g/mol. The highest BCUT2D eigenvalue weighted by molar-refractivity contribution is 5.71. The van der Waals surface area contributed by atoms with Crippen LogP contribution in [0.2, 0.25) is 0 Å². The predicted octanol–water partition coefficient (Wildman–Crippen LogP) is 4.04. The van der Waals surface area contributed by atoms with Gasteiger partial charge in [0.05, 0.1) is 19.4 Å². The molecule has 1 fully saturated rings. The first kappa shape index (κ1) is 22.7. The quantitative estimate of drug-likeness (QED) is 0.665. The Hall–Kier alpha value is -2.93. The summed E-state index contributed by atoms with van der Waals surface area (Å²) in [5.74, 6) is 1.93. The van der Waals surface area contributed by atoms with Crippen LogP contribution in [0.3, 0.4) is 0 Å². The fraction of sp³-hybridized carbons (Fsp3) is 0.458. The van der Waals surface area contributed by atoms with Crippen molar-refractivity contribution in [2.75, 3.05) is 58.9 Å². The van der Waals surface area contributed by atoms with Crippen molar-refractivity contribution in [2.24, 2.45) is 0 Å². The number of hydrogen-bond donors (Lipinski definition) is 0. The number of carbonyl (C=O) groups excluding carboxylic acids is 1. The number of carbonyl (C=O) groups is 1. The Morgan fingerprint density at radius 1 is 1.03 bits per heavy atom. The molecule has 0 N–H and O–H groups in total. The maximum atomic E-state index is 11.9. The van der Waals surface area contributed by atoms with E-state index in [1.807, 2.05) is 31.2 Å². The van der Waals surface area contributed by atoms with Crippen LogP contribution >= 0.6 is 0 Å². The van der Waals surface area contributed by atoms with Crippen LogP contribution in [0, 0.1) is 0 Å². The number of nitrogens with zero attached hydrogens (tertiary/aromatic N) is 3. The van der Waals surface area contributed by atoms with Gasteiger partial charge in [-0.25, -0.2) is 4.79 Å². The molecular formula is C24H33N3O4. The average molecular weight is 428 g/mol. The topological polar surface area (TPSA) is 54.5 Å². The summed E-state index contributed by atoms with van der Waals surface area (Å²) in [4.78, 5) is 18.1. The maximum Gasteiger partial charge on any atom is 0.414 e. The van der Waals surface area contributed by atoms with E-state index in [0.29, 0.717) is 18.1 Å². The zero-order valence-electron chi connectivity index (χ0n) is 19.1. The van der Waals surface area contributed by atoms with E-state index >= 15 is 0 Å². The number of amides is 1. The molecule has 1 amide bonds. The SMILES string of the molecule is CCOc1ccccc1N1CCN(C(C)c2ccc(OC(=O)N(C)C)c(OC)c2)CC1. The van der Waals surface area contributed by atoms with Crippen molar-refractivity contribution < 1.29 is 19.0 Å². The standard InChI is InChI=1S/C24H33N3O4/c1-6-30-21-10-8-7-9-20(21)27-15-13-26(14-16-27)18(2)19-11-12-22(23(17-19)29-5)31-24(28)25(3)4/h7-12,17-18H,6,13-16H2,1-5H3. The molecule has 0 saturated carbocycles. The highest BCUT2D eigenvalue weighted by atomic mass is 16.6. The summed E-state index contributed by atoms with van der Waals surface area (Å²) < 4.78 is 16.7. The lowest BCUT2D eigenvalue weighted by molar-refractivity contribution is 0.170. The minimum Gasteiger partial charge on any atom is -0.493 e. The highest BCUT2D eigenvalue weighted by Crippen LogP contribution is 2.34. The van der Waals surface area contributed by atoms with E-state index in [9.17, 15) is 4.79 Å². The first-order valence-corrected chi connectivity index (χ1v) is 10.7. The molecule has 1 atom stereocenters. The van der Waals surface area contributed by atoms with E-state index in [-0.39, 0.29) is 6.04 Å². The van der Waals surface area contributed by atoms with E-state index in [2.05, 4.69) is 28.9 Å². The molecule has 0 aromatic heterocycles. The van der Waals surface area contributed by atoms with Crippen molar-refractivity contribution in [3.63, 3.8) is 0 Å². The molecule has 7 heteroatoms. The second-order valence-corrected chi connectivity index (χ2v) is 7.77. The molecule has 0 radical (unpaired) electrons. The molecule has 168 valence electrons. The van der Waals surface area contributed by atoms with E-state index in [1.54, 1.807) is 27.3 Å². The second kappa shape index (κ2) is 10.4. The van der Waals surface area contributed by atoms with Crippen LogP contribution < -0.4 is 19.1 Å². The van der Waals surface area contributed by atoms with Crippen LogP contribution in [-0.4, -0.2) is 69.9 Å². The van der Waals surface area contributed by atoms with Crippen molar-refractivity contribution in [2.45, 2.75) is 19.9 Å². The minimum absolute atomic E-state index is 0.219. The van der Waals surface area contributed by atoms with Gasteiger partial charge in [0, 0.05) is 46.3 Å². The van der Waals surface area contributed by atoms with Crippen LogP contribution in [0.25, 0.3) is 0 Å². The lowest BCUT2D eigenvalue weighted by Crippen LogP contribution is -2.47. The third-order valence-electron chi connectivity index (χ3n) is 5.60. The van der Waals surface area contributed by atoms with Gasteiger partial charge >= 0.3 is 6.09 Å². The zero-order chi connectivity index (χ0) is 22.4. The number of hydrogen-bond acceptors (Lipinski definition) is 6. The van der Waals surface area contributed by atoms with Gasteiger partial charge in [-0.3, -0.25) is 4.90 Å². The van der Waals surface area contributed by atoms with Crippen LogP contribution in [0.1, 0.15) is 25.5 Å². The zero-order valence-corrected chi connectivity index (χ0v) is 19.1. The van der Waals surface area contributed by atoms with Crippen LogP contribution in [0.5, 0.6) is 17.2 Å². The van der Waals surface area contributed by atoms with E-state index in [1.165, 1.54) is 4.90 Å². The Bertz CT molecular complexity index is 879. The molecule has 2 aromatic rings. The molecule has 2 aromatic carbocycles. The van der Waals surface area contributed by atoms with E-state index in [4.69, 9.17) is 14.2 Å². The number of piperazine rings is 1. The Morgan fingerprint density at radius 2 is 1.74 bits per heavy atom. The predicted molar refractivity (Wildman–Crippen MR) is 123 cm³/mol. The molecule has 1 heterocycles. The molecule has 1 aliphatic rings. The fourth-order valence-electron chi connectivity index (χ4n) is 3.77. The first-order valence-electron chi connectivity index (χ1n) is 10.7. The molecule has 7 nitrogen and oxygen atoms in total. The van der Waals surface area contributed by atoms with Crippen LogP contribution in [0.15, 0.2) is 42.5 Å². The summed E-state index contributed by atoms with van der Waals surface area (Å²) in [7, 11) is 4.89. The monoisotopic (exact) mass is 427 g/mol. The molecule has 0 bridgehead atoms. The lowest BCUT2D eigenvalue weighted by atomic mass is 10.0. The van der Waals surface area contributed by atoms with Crippen molar-refractivity contribution in [1.82, 2.24) is 9.80 Å². The Balaban J connectivity index is 1.67. The Labute approximate surface area is 185 Å². The smallest absolute Gasteiger partial charge is 0.414 e.